The van der Waals surface area contributed by atoms with E-state index in [1.807, 2.05) is 0 Å². The Balaban J connectivity index is 1.24. The molecule has 12 heteroatoms. The molecular weight excluding hydrogens is 518 g/mol. The molecule has 0 aliphatic carbocycles. The normalized spacial score (nSPS) is 18.4. The van der Waals surface area contributed by atoms with E-state index in [1.165, 1.54) is 32.9 Å². The van der Waals surface area contributed by atoms with Crippen LogP contribution >= 0.6 is 0 Å². The number of piperidine rings is 1. The molecule has 0 spiro atoms. The van der Waals surface area contributed by atoms with E-state index < -0.39 is 20.0 Å². The second-order valence-electron chi connectivity index (χ2n) is 9.28. The first-order valence-electron chi connectivity index (χ1n) is 12.3. The van der Waals surface area contributed by atoms with Gasteiger partial charge < -0.3 is 14.8 Å². The monoisotopic (exact) mass is 551 g/mol. The summed E-state index contributed by atoms with van der Waals surface area (Å²) in [4.78, 5) is 12.6. The quantitative estimate of drug-likeness (QED) is 0.505. The van der Waals surface area contributed by atoms with Crippen LogP contribution in [0, 0.1) is 5.92 Å². The maximum Gasteiger partial charge on any atom is 0.258 e. The molecule has 10 nitrogen and oxygen atoms in total. The van der Waals surface area contributed by atoms with Crippen molar-refractivity contribution >= 4 is 26.0 Å². The number of nitrogens with zero attached hydrogens (tertiary/aromatic N) is 2. The van der Waals surface area contributed by atoms with Crippen LogP contribution < -0.4 is 10.1 Å². The Kier molecular flexibility index (Phi) is 8.86. The summed E-state index contributed by atoms with van der Waals surface area (Å²) in [5.74, 6) is 0.562. The van der Waals surface area contributed by atoms with Crippen LogP contribution in [0.2, 0.25) is 0 Å². The molecule has 2 aliphatic rings. The first kappa shape index (κ1) is 27.5. The second-order valence-corrected chi connectivity index (χ2v) is 13.2. The van der Waals surface area contributed by atoms with Crippen LogP contribution in [0.3, 0.4) is 0 Å². The molecule has 2 fully saturated rings. The fourth-order valence-corrected chi connectivity index (χ4v) is 7.08. The Hall–Kier alpha value is -2.51. The fourth-order valence-electron chi connectivity index (χ4n) is 4.20. The van der Waals surface area contributed by atoms with Crippen molar-refractivity contribution in [2.24, 2.45) is 5.92 Å². The summed E-state index contributed by atoms with van der Waals surface area (Å²) in [7, 11) is -7.10. The highest BCUT2D eigenvalue weighted by Gasteiger charge is 2.28. The summed E-state index contributed by atoms with van der Waals surface area (Å²) >= 11 is 0. The lowest BCUT2D eigenvalue weighted by atomic mass is 10.0. The maximum atomic E-state index is 12.8. The van der Waals surface area contributed by atoms with Crippen LogP contribution in [-0.2, 0) is 36.1 Å². The van der Waals surface area contributed by atoms with E-state index >= 15 is 0 Å². The molecule has 2 saturated heterocycles. The van der Waals surface area contributed by atoms with Gasteiger partial charge in [-0.05, 0) is 60.7 Å². The van der Waals surface area contributed by atoms with Crippen molar-refractivity contribution in [3.63, 3.8) is 0 Å². The zero-order valence-electron chi connectivity index (χ0n) is 20.8. The average molecular weight is 552 g/mol. The Bertz CT molecular complexity index is 1270. The molecular formula is C25H33N3O7S2. The lowest BCUT2D eigenvalue weighted by Crippen LogP contribution is -2.40. The number of ether oxygens (including phenoxy) is 2. The minimum atomic E-state index is -3.56. The molecule has 1 amide bonds. The fraction of sp³-hybridized carbons (Fsp3) is 0.480. The summed E-state index contributed by atoms with van der Waals surface area (Å²) in [5.41, 5.74) is 0.746. The summed E-state index contributed by atoms with van der Waals surface area (Å²) in [6.45, 7) is 4.57. The molecule has 2 heterocycles. The van der Waals surface area contributed by atoms with E-state index in [-0.39, 0.29) is 28.8 Å². The Morgan fingerprint density at radius 1 is 0.865 bits per heavy atom. The maximum absolute atomic E-state index is 12.8. The van der Waals surface area contributed by atoms with Crippen molar-refractivity contribution in [1.29, 1.82) is 0 Å². The third kappa shape index (κ3) is 6.88. The van der Waals surface area contributed by atoms with Crippen molar-refractivity contribution in [2.75, 3.05) is 46.0 Å². The summed E-state index contributed by atoms with van der Waals surface area (Å²) in [6, 6.07) is 12.5. The molecule has 0 saturated carbocycles. The predicted octanol–water partition coefficient (Wildman–Crippen LogP) is 1.82. The Morgan fingerprint density at radius 3 is 1.95 bits per heavy atom. The third-order valence-corrected chi connectivity index (χ3v) is 10.4. The highest BCUT2D eigenvalue weighted by Crippen LogP contribution is 2.25. The minimum absolute atomic E-state index is 0.202. The molecule has 1 N–H and O–H groups in total. The summed E-state index contributed by atoms with van der Waals surface area (Å²) < 4.78 is 64.7. The highest BCUT2D eigenvalue weighted by molar-refractivity contribution is 7.89. The van der Waals surface area contributed by atoms with Crippen molar-refractivity contribution in [1.82, 2.24) is 13.9 Å². The number of nitrogens with one attached hydrogen (secondary N) is 1. The summed E-state index contributed by atoms with van der Waals surface area (Å²) in [6.07, 6.45) is 1.71. The van der Waals surface area contributed by atoms with Gasteiger partial charge in [0, 0.05) is 32.7 Å². The van der Waals surface area contributed by atoms with E-state index in [0.29, 0.717) is 51.1 Å². The van der Waals surface area contributed by atoms with Crippen LogP contribution in [-0.4, -0.2) is 77.4 Å². The van der Waals surface area contributed by atoms with Crippen LogP contribution in [0.5, 0.6) is 5.75 Å². The van der Waals surface area contributed by atoms with Gasteiger partial charge in [-0.3, -0.25) is 4.79 Å². The number of morpholine rings is 1. The molecule has 202 valence electrons. The minimum Gasteiger partial charge on any atom is -0.484 e. The lowest BCUT2D eigenvalue weighted by Gasteiger charge is -2.29. The van der Waals surface area contributed by atoms with Gasteiger partial charge in [0.15, 0.2) is 6.61 Å². The van der Waals surface area contributed by atoms with Gasteiger partial charge in [-0.2, -0.15) is 8.61 Å². The van der Waals surface area contributed by atoms with Gasteiger partial charge in [0.1, 0.15) is 5.75 Å². The number of sulfonamides is 2. The van der Waals surface area contributed by atoms with E-state index in [9.17, 15) is 21.6 Å². The number of hydrogen-bond donors (Lipinski definition) is 1. The van der Waals surface area contributed by atoms with E-state index in [0.717, 1.165) is 18.4 Å². The highest BCUT2D eigenvalue weighted by atomic mass is 32.2. The topological polar surface area (TPSA) is 122 Å². The number of rotatable bonds is 9. The number of hydrogen-bond acceptors (Lipinski definition) is 7. The van der Waals surface area contributed by atoms with E-state index in [1.54, 1.807) is 24.3 Å². The van der Waals surface area contributed by atoms with Crippen LogP contribution in [0.1, 0.15) is 25.3 Å². The molecule has 0 bridgehead atoms. The number of benzene rings is 2. The lowest BCUT2D eigenvalue weighted by molar-refractivity contribution is -0.123. The number of carbonyl (C=O) groups is 1. The third-order valence-electron chi connectivity index (χ3n) is 6.59. The molecule has 0 radical (unpaired) electrons. The first-order valence-corrected chi connectivity index (χ1v) is 15.2. The van der Waals surface area contributed by atoms with Gasteiger partial charge in [0.25, 0.3) is 5.91 Å². The SMILES string of the molecule is CC1CCN(S(=O)(=O)c2ccc(OCC(=O)NCc3ccc(S(=O)(=O)N4CCOCC4)cc3)cc2)CC1. The number of amides is 1. The second kappa shape index (κ2) is 11.9. The summed E-state index contributed by atoms with van der Waals surface area (Å²) in [5, 5.41) is 2.73. The van der Waals surface area contributed by atoms with Gasteiger partial charge >= 0.3 is 0 Å². The molecule has 0 unspecified atom stereocenters. The molecule has 2 aliphatic heterocycles. The van der Waals surface area contributed by atoms with Gasteiger partial charge in [0.2, 0.25) is 20.0 Å². The van der Waals surface area contributed by atoms with Gasteiger partial charge in [-0.25, -0.2) is 16.8 Å². The van der Waals surface area contributed by atoms with Crippen molar-refractivity contribution in [3.8, 4) is 5.75 Å². The standard InChI is InChI=1S/C25H33N3O7S2/c1-20-10-12-27(13-11-20)36(30,31)24-8-4-22(5-9-24)35-19-25(29)26-18-21-2-6-23(7-3-21)37(32,33)28-14-16-34-17-15-28/h2-9,20H,10-19H2,1H3,(H,26,29). The van der Waals surface area contributed by atoms with Crippen LogP contribution in [0.25, 0.3) is 0 Å². The molecule has 0 atom stereocenters. The van der Waals surface area contributed by atoms with Crippen molar-refractivity contribution in [3.05, 3.63) is 54.1 Å². The number of carbonyl (C=O) groups excluding carboxylic acids is 1. The van der Waals surface area contributed by atoms with Gasteiger partial charge in [0.05, 0.1) is 23.0 Å². The predicted molar refractivity (Wildman–Crippen MR) is 137 cm³/mol. The van der Waals surface area contributed by atoms with Gasteiger partial charge in [-0.1, -0.05) is 19.1 Å². The van der Waals surface area contributed by atoms with E-state index in [4.69, 9.17) is 9.47 Å². The smallest absolute Gasteiger partial charge is 0.258 e. The zero-order chi connectivity index (χ0) is 26.5. The first-order chi connectivity index (χ1) is 17.7. The molecule has 37 heavy (non-hydrogen) atoms. The Morgan fingerprint density at radius 2 is 1.38 bits per heavy atom. The van der Waals surface area contributed by atoms with E-state index in [2.05, 4.69) is 12.2 Å². The van der Waals surface area contributed by atoms with Gasteiger partial charge in [-0.15, -0.1) is 0 Å². The molecule has 4 rings (SSSR count). The largest absolute Gasteiger partial charge is 0.484 e. The molecule has 2 aromatic carbocycles. The van der Waals surface area contributed by atoms with Crippen molar-refractivity contribution in [2.45, 2.75) is 36.1 Å². The van der Waals surface area contributed by atoms with Crippen molar-refractivity contribution < 1.29 is 31.1 Å². The zero-order valence-corrected chi connectivity index (χ0v) is 22.5. The molecule has 2 aromatic rings. The Labute approximate surface area is 218 Å². The van der Waals surface area contributed by atoms with Crippen LogP contribution in [0.4, 0.5) is 0 Å². The van der Waals surface area contributed by atoms with Crippen LogP contribution in [0.15, 0.2) is 58.3 Å². The molecule has 0 aromatic heterocycles. The average Bonchev–Trinajstić information content (AvgIpc) is 2.92.